The standard InChI is InChI=1S/C16H14F3NO2S/c1-12-6-8-14(9-7-12)23(21,22)20-15-5-3-2-4-13(15)10-11-16(17,18)19/h2-10H,11H2,1H3/p+1/b13-10-,20-15+. The minimum atomic E-state index is -4.34. The first-order chi connectivity index (χ1) is 10.7. The molecule has 0 fully saturated rings. The molecular formula is C16H15F3NO2S+. The minimum Gasteiger partial charge on any atom is -0.171 e. The summed E-state index contributed by atoms with van der Waals surface area (Å²) in [6.45, 7) is 1.82. The van der Waals surface area contributed by atoms with E-state index in [-0.39, 0.29) is 16.2 Å². The molecule has 0 saturated heterocycles. The van der Waals surface area contributed by atoms with E-state index in [4.69, 9.17) is 0 Å². The molecule has 0 spiro atoms. The van der Waals surface area contributed by atoms with Gasteiger partial charge in [0.05, 0.1) is 6.42 Å². The molecule has 1 N–H and O–H groups in total. The van der Waals surface area contributed by atoms with Crippen molar-refractivity contribution in [3.05, 3.63) is 65.8 Å². The molecule has 0 bridgehead atoms. The molecule has 0 radical (unpaired) electrons. The van der Waals surface area contributed by atoms with E-state index in [1.807, 2.05) is 6.92 Å². The molecule has 0 amide bonds. The molecule has 122 valence electrons. The molecule has 0 atom stereocenters. The van der Waals surface area contributed by atoms with Crippen molar-refractivity contribution in [2.24, 2.45) is 0 Å². The van der Waals surface area contributed by atoms with Crippen LogP contribution in [0.4, 0.5) is 13.2 Å². The average Bonchev–Trinajstić information content (AvgIpc) is 2.45. The topological polar surface area (TPSA) is 48.1 Å². The van der Waals surface area contributed by atoms with Gasteiger partial charge >= 0.3 is 16.2 Å². The van der Waals surface area contributed by atoms with Crippen LogP contribution in [0.15, 0.2) is 65.1 Å². The van der Waals surface area contributed by atoms with E-state index >= 15 is 0 Å². The van der Waals surface area contributed by atoms with Crippen molar-refractivity contribution in [3.8, 4) is 0 Å². The summed E-state index contributed by atoms with van der Waals surface area (Å²) in [5.41, 5.74) is 1.20. The summed E-state index contributed by atoms with van der Waals surface area (Å²) in [5, 5.41) is 0. The van der Waals surface area contributed by atoms with Gasteiger partial charge in [0, 0.05) is 11.6 Å². The van der Waals surface area contributed by atoms with Gasteiger partial charge in [-0.1, -0.05) is 35.9 Å². The number of sulfonamides is 1. The van der Waals surface area contributed by atoms with Gasteiger partial charge < -0.3 is 0 Å². The first kappa shape index (κ1) is 17.2. The smallest absolute Gasteiger partial charge is 0.171 e. The fourth-order valence-electron chi connectivity index (χ4n) is 1.91. The number of hydrogen-bond acceptors (Lipinski definition) is 2. The van der Waals surface area contributed by atoms with Crippen LogP contribution in [0.25, 0.3) is 0 Å². The summed E-state index contributed by atoms with van der Waals surface area (Å²) in [6, 6.07) is 6.19. The Kier molecular flexibility index (Phi) is 4.89. The Labute approximate surface area is 132 Å². The molecule has 0 saturated carbocycles. The molecule has 0 heterocycles. The molecule has 1 aromatic rings. The van der Waals surface area contributed by atoms with Gasteiger partial charge in [-0.3, -0.25) is 0 Å². The molecule has 2 rings (SSSR count). The van der Waals surface area contributed by atoms with Gasteiger partial charge in [0.15, 0.2) is 0 Å². The quantitative estimate of drug-likeness (QED) is 0.916. The predicted octanol–water partition coefficient (Wildman–Crippen LogP) is 2.21. The highest BCUT2D eigenvalue weighted by Crippen LogP contribution is 2.21. The lowest BCUT2D eigenvalue weighted by Crippen LogP contribution is -2.76. The van der Waals surface area contributed by atoms with E-state index in [2.05, 4.69) is 4.40 Å². The highest BCUT2D eigenvalue weighted by molar-refractivity contribution is 7.84. The molecule has 1 aliphatic carbocycles. The van der Waals surface area contributed by atoms with E-state index in [0.717, 1.165) is 11.6 Å². The Morgan fingerprint density at radius 3 is 2.30 bits per heavy atom. The Morgan fingerprint density at radius 2 is 1.70 bits per heavy atom. The number of alkyl halides is 3. The van der Waals surface area contributed by atoms with Crippen LogP contribution >= 0.6 is 0 Å². The second kappa shape index (κ2) is 6.54. The predicted molar refractivity (Wildman–Crippen MR) is 81.4 cm³/mol. The van der Waals surface area contributed by atoms with Crippen LogP contribution in [0, 0.1) is 6.92 Å². The lowest BCUT2D eigenvalue weighted by molar-refractivity contribution is -0.265. The van der Waals surface area contributed by atoms with Crippen molar-refractivity contribution in [2.75, 3.05) is 0 Å². The SMILES string of the molecule is Cc1ccc(S(=O)(=O)/[NH+]=C2\C=CC=C\C2=C\CC(F)(F)F)cc1. The first-order valence-corrected chi connectivity index (χ1v) is 8.24. The van der Waals surface area contributed by atoms with Crippen molar-refractivity contribution in [3.63, 3.8) is 0 Å². The van der Waals surface area contributed by atoms with E-state index in [9.17, 15) is 21.6 Å². The number of nitrogens with one attached hydrogen (secondary N) is 1. The van der Waals surface area contributed by atoms with Crippen molar-refractivity contribution >= 4 is 15.7 Å². The molecule has 0 aliphatic heterocycles. The monoisotopic (exact) mass is 342 g/mol. The van der Waals surface area contributed by atoms with Gasteiger partial charge in [-0.05, 0) is 25.1 Å². The second-order valence-electron chi connectivity index (χ2n) is 5.03. The van der Waals surface area contributed by atoms with Gasteiger partial charge in [0.2, 0.25) is 5.71 Å². The molecule has 0 aromatic heterocycles. The summed E-state index contributed by atoms with van der Waals surface area (Å²) >= 11 is 0. The maximum atomic E-state index is 12.3. The average molecular weight is 342 g/mol. The first-order valence-electron chi connectivity index (χ1n) is 6.76. The van der Waals surface area contributed by atoms with Crippen molar-refractivity contribution in [1.29, 1.82) is 0 Å². The Bertz CT molecular complexity index is 799. The summed E-state index contributed by atoms with van der Waals surface area (Å²) in [5.74, 6) is 0. The van der Waals surface area contributed by atoms with Crippen LogP contribution in [-0.4, -0.2) is 20.3 Å². The van der Waals surface area contributed by atoms with Gasteiger partial charge in [-0.2, -0.15) is 21.6 Å². The third-order valence-corrected chi connectivity index (χ3v) is 4.47. The van der Waals surface area contributed by atoms with Crippen molar-refractivity contribution in [2.45, 2.75) is 24.4 Å². The Balaban J connectivity index is 2.37. The summed E-state index contributed by atoms with van der Waals surface area (Å²) in [6.07, 6.45) is 1.43. The third kappa shape index (κ3) is 4.92. The molecule has 1 aromatic carbocycles. The van der Waals surface area contributed by atoms with Crippen LogP contribution in [0.3, 0.4) is 0 Å². The largest absolute Gasteiger partial charge is 0.393 e. The Morgan fingerprint density at radius 1 is 1.09 bits per heavy atom. The van der Waals surface area contributed by atoms with Gasteiger partial charge in [-0.25, -0.2) is 0 Å². The summed E-state index contributed by atoms with van der Waals surface area (Å²) in [4.78, 5) is 0.0497. The lowest BCUT2D eigenvalue weighted by Gasteiger charge is -2.05. The van der Waals surface area contributed by atoms with Crippen LogP contribution in [0.5, 0.6) is 0 Å². The number of benzene rings is 1. The maximum Gasteiger partial charge on any atom is 0.393 e. The second-order valence-corrected chi connectivity index (χ2v) is 6.71. The van der Waals surface area contributed by atoms with Gasteiger partial charge in [0.25, 0.3) is 0 Å². The van der Waals surface area contributed by atoms with E-state index in [1.165, 1.54) is 24.3 Å². The Hall–Kier alpha value is -2.15. The van der Waals surface area contributed by atoms with Crippen molar-refractivity contribution in [1.82, 2.24) is 0 Å². The highest BCUT2D eigenvalue weighted by Gasteiger charge is 2.27. The highest BCUT2D eigenvalue weighted by atomic mass is 32.2. The summed E-state index contributed by atoms with van der Waals surface area (Å²) in [7, 11) is -3.86. The van der Waals surface area contributed by atoms with Crippen LogP contribution in [-0.2, 0) is 10.0 Å². The normalized spacial score (nSPS) is 18.8. The fourth-order valence-corrected chi connectivity index (χ4v) is 3.00. The molecule has 23 heavy (non-hydrogen) atoms. The number of aryl methyl sites for hydroxylation is 1. The van der Waals surface area contributed by atoms with Gasteiger partial charge in [-0.15, -0.1) is 4.40 Å². The van der Waals surface area contributed by atoms with Crippen LogP contribution in [0.1, 0.15) is 12.0 Å². The number of hydrogen-bond donors (Lipinski definition) is 1. The van der Waals surface area contributed by atoms with E-state index < -0.39 is 22.6 Å². The number of halogens is 3. The van der Waals surface area contributed by atoms with Crippen LogP contribution < -0.4 is 4.40 Å². The van der Waals surface area contributed by atoms with Crippen LogP contribution in [0.2, 0.25) is 0 Å². The molecule has 1 aliphatic rings. The third-order valence-electron chi connectivity index (χ3n) is 3.09. The molecule has 7 heteroatoms. The van der Waals surface area contributed by atoms with Crippen molar-refractivity contribution < 1.29 is 26.0 Å². The van der Waals surface area contributed by atoms with Gasteiger partial charge in [0.1, 0.15) is 4.90 Å². The fraction of sp³-hybridized carbons (Fsp3) is 0.188. The number of rotatable bonds is 3. The zero-order chi connectivity index (χ0) is 17.1. The molecular weight excluding hydrogens is 327 g/mol. The molecule has 3 nitrogen and oxygen atoms in total. The zero-order valence-corrected chi connectivity index (χ0v) is 13.1. The minimum absolute atomic E-state index is 0.0497. The van der Waals surface area contributed by atoms with E-state index in [0.29, 0.717) is 0 Å². The zero-order valence-electron chi connectivity index (χ0n) is 12.3. The number of allylic oxidation sites excluding steroid dienone is 6. The maximum absolute atomic E-state index is 12.3. The molecule has 0 unspecified atom stereocenters. The lowest BCUT2D eigenvalue weighted by atomic mass is 10.0. The summed E-state index contributed by atoms with van der Waals surface area (Å²) < 4.78 is 64.0. The van der Waals surface area contributed by atoms with E-state index in [1.54, 1.807) is 24.3 Å².